The van der Waals surface area contributed by atoms with Gasteiger partial charge in [0.05, 0.1) is 26.5 Å². The number of ether oxygens (including phenoxy) is 2. The predicted molar refractivity (Wildman–Crippen MR) is 90.6 cm³/mol. The summed E-state index contributed by atoms with van der Waals surface area (Å²) in [6.45, 7) is 3.33. The van der Waals surface area contributed by atoms with Crippen LogP contribution in [0.25, 0.3) is 0 Å². The zero-order valence-electron chi connectivity index (χ0n) is 14.4. The summed E-state index contributed by atoms with van der Waals surface area (Å²) in [5.74, 6) is 2.22. The van der Waals surface area contributed by atoms with Gasteiger partial charge in [0.1, 0.15) is 17.3 Å². The fourth-order valence-electron chi connectivity index (χ4n) is 3.05. The van der Waals surface area contributed by atoms with Crippen molar-refractivity contribution in [2.75, 3.05) is 14.2 Å². The van der Waals surface area contributed by atoms with E-state index in [2.05, 4.69) is 14.9 Å². The number of amides is 1. The predicted octanol–water partition coefficient (Wildman–Crippen LogP) is 2.48. The van der Waals surface area contributed by atoms with Crippen LogP contribution in [0.1, 0.15) is 40.3 Å². The molecule has 1 aliphatic heterocycles. The van der Waals surface area contributed by atoms with Crippen molar-refractivity contribution in [3.8, 4) is 11.5 Å². The van der Waals surface area contributed by atoms with Crippen LogP contribution in [-0.2, 0) is 19.5 Å². The molecule has 24 heavy (non-hydrogen) atoms. The Kier molecular flexibility index (Phi) is 4.74. The van der Waals surface area contributed by atoms with E-state index in [0.717, 1.165) is 30.0 Å². The van der Waals surface area contributed by atoms with Crippen molar-refractivity contribution in [1.82, 2.24) is 14.9 Å². The standard InChI is InChI=1S/C18H23N3O3/c1-12-15(23-2)8-13(9-16(12)24-3)18(22)19-10-14-11-21-7-5-4-6-17(21)20-14/h8-9,11H,4-7,10H2,1-3H3,(H,19,22). The SMILES string of the molecule is COc1cc(C(=O)NCc2cn3c(n2)CCCC3)cc(OC)c1C. The van der Waals surface area contributed by atoms with Crippen LogP contribution < -0.4 is 14.8 Å². The molecule has 0 atom stereocenters. The van der Waals surface area contributed by atoms with E-state index in [1.807, 2.05) is 13.1 Å². The molecule has 0 spiro atoms. The van der Waals surface area contributed by atoms with Crippen LogP contribution in [0.4, 0.5) is 0 Å². The first-order chi connectivity index (χ1) is 11.6. The average Bonchev–Trinajstić information content (AvgIpc) is 3.02. The summed E-state index contributed by atoms with van der Waals surface area (Å²) >= 11 is 0. The molecule has 0 saturated carbocycles. The van der Waals surface area contributed by atoms with Crippen molar-refractivity contribution in [3.05, 3.63) is 41.0 Å². The highest BCUT2D eigenvalue weighted by atomic mass is 16.5. The monoisotopic (exact) mass is 329 g/mol. The van der Waals surface area contributed by atoms with Gasteiger partial charge >= 0.3 is 0 Å². The molecular formula is C18H23N3O3. The summed E-state index contributed by atoms with van der Waals surface area (Å²) in [7, 11) is 3.16. The van der Waals surface area contributed by atoms with Gasteiger partial charge in [-0.15, -0.1) is 0 Å². The zero-order valence-corrected chi connectivity index (χ0v) is 14.4. The highest BCUT2D eigenvalue weighted by Crippen LogP contribution is 2.29. The molecule has 0 radical (unpaired) electrons. The summed E-state index contributed by atoms with van der Waals surface area (Å²) in [5, 5.41) is 2.92. The van der Waals surface area contributed by atoms with Gasteiger partial charge in [-0.2, -0.15) is 0 Å². The molecule has 0 bridgehead atoms. The van der Waals surface area contributed by atoms with Crippen LogP contribution in [0.5, 0.6) is 11.5 Å². The van der Waals surface area contributed by atoms with Crippen LogP contribution >= 0.6 is 0 Å². The summed E-state index contributed by atoms with van der Waals surface area (Å²) < 4.78 is 12.8. The lowest BCUT2D eigenvalue weighted by Crippen LogP contribution is -2.23. The number of aryl methyl sites for hydroxylation is 2. The van der Waals surface area contributed by atoms with Gasteiger partial charge in [-0.25, -0.2) is 4.98 Å². The van der Waals surface area contributed by atoms with Crippen LogP contribution in [0.2, 0.25) is 0 Å². The van der Waals surface area contributed by atoms with E-state index in [0.29, 0.717) is 23.6 Å². The number of aromatic nitrogens is 2. The van der Waals surface area contributed by atoms with E-state index in [1.165, 1.54) is 12.8 Å². The maximum atomic E-state index is 12.5. The van der Waals surface area contributed by atoms with Gasteiger partial charge in [0.2, 0.25) is 0 Å². The lowest BCUT2D eigenvalue weighted by atomic mass is 10.1. The minimum absolute atomic E-state index is 0.169. The Morgan fingerprint density at radius 1 is 1.25 bits per heavy atom. The number of carbonyl (C=O) groups is 1. The molecule has 128 valence electrons. The smallest absolute Gasteiger partial charge is 0.251 e. The van der Waals surface area contributed by atoms with Crippen molar-refractivity contribution in [2.24, 2.45) is 0 Å². The molecule has 3 rings (SSSR count). The maximum Gasteiger partial charge on any atom is 0.251 e. The number of hydrogen-bond donors (Lipinski definition) is 1. The van der Waals surface area contributed by atoms with E-state index in [1.54, 1.807) is 26.4 Å². The van der Waals surface area contributed by atoms with Crippen molar-refractivity contribution < 1.29 is 14.3 Å². The Morgan fingerprint density at radius 3 is 2.58 bits per heavy atom. The van der Waals surface area contributed by atoms with E-state index < -0.39 is 0 Å². The minimum Gasteiger partial charge on any atom is -0.496 e. The van der Waals surface area contributed by atoms with Gasteiger partial charge < -0.3 is 19.4 Å². The molecule has 6 heteroatoms. The number of hydrogen-bond acceptors (Lipinski definition) is 4. The fraction of sp³-hybridized carbons (Fsp3) is 0.444. The maximum absolute atomic E-state index is 12.5. The highest BCUT2D eigenvalue weighted by Gasteiger charge is 2.15. The number of nitrogens with zero attached hydrogens (tertiary/aromatic N) is 2. The Labute approximate surface area is 141 Å². The molecule has 0 fully saturated rings. The van der Waals surface area contributed by atoms with Gasteiger partial charge in [-0.1, -0.05) is 0 Å². The lowest BCUT2D eigenvalue weighted by molar-refractivity contribution is 0.0949. The van der Waals surface area contributed by atoms with Crippen molar-refractivity contribution in [3.63, 3.8) is 0 Å². The number of fused-ring (bicyclic) bond motifs is 1. The molecule has 1 aromatic carbocycles. The largest absolute Gasteiger partial charge is 0.496 e. The Hall–Kier alpha value is -2.50. The van der Waals surface area contributed by atoms with Crippen LogP contribution in [0.15, 0.2) is 18.3 Å². The first-order valence-corrected chi connectivity index (χ1v) is 8.18. The average molecular weight is 329 g/mol. The lowest BCUT2D eigenvalue weighted by Gasteiger charge is -2.12. The van der Waals surface area contributed by atoms with Crippen LogP contribution in [-0.4, -0.2) is 29.7 Å². The molecule has 1 aliphatic rings. The number of imidazole rings is 1. The summed E-state index contributed by atoms with van der Waals surface area (Å²) in [5.41, 5.74) is 2.28. The third-order valence-corrected chi connectivity index (χ3v) is 4.40. The zero-order chi connectivity index (χ0) is 17.1. The molecule has 0 unspecified atom stereocenters. The second-order valence-corrected chi connectivity index (χ2v) is 5.99. The first kappa shape index (κ1) is 16.4. The first-order valence-electron chi connectivity index (χ1n) is 8.18. The molecule has 1 aromatic heterocycles. The van der Waals surface area contributed by atoms with E-state index in [4.69, 9.17) is 9.47 Å². The molecule has 1 N–H and O–H groups in total. The van der Waals surface area contributed by atoms with Crippen molar-refractivity contribution >= 4 is 5.91 Å². The Balaban J connectivity index is 1.72. The van der Waals surface area contributed by atoms with E-state index in [-0.39, 0.29) is 5.91 Å². The van der Waals surface area contributed by atoms with E-state index in [9.17, 15) is 4.79 Å². The molecule has 6 nitrogen and oxygen atoms in total. The second kappa shape index (κ2) is 6.95. The number of carbonyl (C=O) groups excluding carboxylic acids is 1. The second-order valence-electron chi connectivity index (χ2n) is 5.99. The Bertz CT molecular complexity index is 703. The van der Waals surface area contributed by atoms with Gasteiger partial charge in [0.25, 0.3) is 5.91 Å². The van der Waals surface area contributed by atoms with Crippen molar-refractivity contribution in [2.45, 2.75) is 39.3 Å². The summed E-state index contributed by atoms with van der Waals surface area (Å²) in [6.07, 6.45) is 5.43. The van der Waals surface area contributed by atoms with Crippen LogP contribution in [0, 0.1) is 6.92 Å². The van der Waals surface area contributed by atoms with E-state index >= 15 is 0 Å². The summed E-state index contributed by atoms with van der Waals surface area (Å²) in [4.78, 5) is 17.0. The number of rotatable bonds is 5. The third-order valence-electron chi connectivity index (χ3n) is 4.40. The fourth-order valence-corrected chi connectivity index (χ4v) is 3.05. The van der Waals surface area contributed by atoms with Gasteiger partial charge in [0, 0.05) is 30.3 Å². The number of nitrogens with one attached hydrogen (secondary N) is 1. The third kappa shape index (κ3) is 3.22. The molecular weight excluding hydrogens is 306 g/mol. The van der Waals surface area contributed by atoms with Gasteiger partial charge in [0.15, 0.2) is 0 Å². The van der Waals surface area contributed by atoms with Crippen LogP contribution in [0.3, 0.4) is 0 Å². The normalized spacial score (nSPS) is 13.3. The number of methoxy groups -OCH3 is 2. The van der Waals surface area contributed by atoms with Gasteiger partial charge in [-0.3, -0.25) is 4.79 Å². The minimum atomic E-state index is -0.169. The quantitative estimate of drug-likeness (QED) is 0.915. The molecule has 0 aliphatic carbocycles. The molecule has 0 saturated heterocycles. The Morgan fingerprint density at radius 2 is 1.96 bits per heavy atom. The molecule has 1 amide bonds. The topological polar surface area (TPSA) is 65.4 Å². The number of benzene rings is 1. The van der Waals surface area contributed by atoms with Crippen molar-refractivity contribution in [1.29, 1.82) is 0 Å². The summed E-state index contributed by atoms with van der Waals surface area (Å²) in [6, 6.07) is 3.46. The van der Waals surface area contributed by atoms with Gasteiger partial charge in [-0.05, 0) is 31.9 Å². The highest BCUT2D eigenvalue weighted by molar-refractivity contribution is 5.95. The molecule has 2 aromatic rings. The molecule has 2 heterocycles.